The molecule has 0 saturated heterocycles. The lowest BCUT2D eigenvalue weighted by atomic mass is 9.93. The smallest absolute Gasteiger partial charge is 0.0647 e. The summed E-state index contributed by atoms with van der Waals surface area (Å²) in [6.45, 7) is 15.7. The molecule has 1 aromatic carbocycles. The highest BCUT2D eigenvalue weighted by molar-refractivity contribution is 6.33. The summed E-state index contributed by atoms with van der Waals surface area (Å²) < 4.78 is 0. The van der Waals surface area contributed by atoms with Crippen molar-refractivity contribution in [1.29, 1.82) is 0 Å². The summed E-state index contributed by atoms with van der Waals surface area (Å²) in [6.07, 6.45) is 9.59. The van der Waals surface area contributed by atoms with Gasteiger partial charge in [0.05, 0.1) is 28.6 Å². The minimum Gasteiger partial charge on any atom is -0.360 e. The standard InChI is InChI=1S/C24H22ClN3/c1-5-17-14-28(19(6-2)7-3)23-12-24(21(25)11-20(23)16(17)4)27-13-18-9-8-10-26-22(18)15-27/h5-12,14H,1-2,4,13,15H2,3H3/b19-7+. The number of hydrogen-bond acceptors (Lipinski definition) is 3. The largest absolute Gasteiger partial charge is 0.360 e. The van der Waals surface area contributed by atoms with E-state index in [2.05, 4.69) is 46.7 Å². The van der Waals surface area contributed by atoms with Crippen molar-refractivity contribution in [1.82, 2.24) is 4.98 Å². The molecule has 0 bridgehead atoms. The van der Waals surface area contributed by atoms with Crippen LogP contribution in [0.2, 0.25) is 5.02 Å². The average Bonchev–Trinajstić information content (AvgIpc) is 3.14. The van der Waals surface area contributed by atoms with Crippen LogP contribution in [0.25, 0.3) is 5.57 Å². The highest BCUT2D eigenvalue weighted by Crippen LogP contribution is 2.44. The monoisotopic (exact) mass is 387 g/mol. The quantitative estimate of drug-likeness (QED) is 0.578. The topological polar surface area (TPSA) is 19.4 Å². The summed E-state index contributed by atoms with van der Waals surface area (Å²) in [5.74, 6) is 0. The number of rotatable bonds is 4. The molecule has 0 fully saturated rings. The van der Waals surface area contributed by atoms with E-state index in [0.29, 0.717) is 5.02 Å². The maximum atomic E-state index is 6.73. The number of halogens is 1. The Labute approximate surface area is 171 Å². The summed E-state index contributed by atoms with van der Waals surface area (Å²) in [4.78, 5) is 8.88. The van der Waals surface area contributed by atoms with Gasteiger partial charge in [-0.3, -0.25) is 4.98 Å². The van der Waals surface area contributed by atoms with Gasteiger partial charge in [-0.05, 0) is 47.9 Å². The van der Waals surface area contributed by atoms with Crippen LogP contribution in [-0.4, -0.2) is 4.98 Å². The number of aromatic nitrogens is 1. The molecule has 0 radical (unpaired) electrons. The molecule has 2 aromatic rings. The lowest BCUT2D eigenvalue weighted by molar-refractivity contribution is 0.870. The predicted molar refractivity (Wildman–Crippen MR) is 119 cm³/mol. The van der Waals surface area contributed by atoms with Gasteiger partial charge in [0.25, 0.3) is 0 Å². The van der Waals surface area contributed by atoms with Crippen LogP contribution in [0.5, 0.6) is 0 Å². The molecule has 0 N–H and O–H groups in total. The first kappa shape index (κ1) is 18.3. The Morgan fingerprint density at radius 3 is 2.71 bits per heavy atom. The molecular weight excluding hydrogens is 366 g/mol. The maximum Gasteiger partial charge on any atom is 0.0647 e. The van der Waals surface area contributed by atoms with E-state index >= 15 is 0 Å². The molecule has 0 amide bonds. The van der Waals surface area contributed by atoms with E-state index in [-0.39, 0.29) is 0 Å². The van der Waals surface area contributed by atoms with Gasteiger partial charge in [0.2, 0.25) is 0 Å². The Morgan fingerprint density at radius 2 is 2.04 bits per heavy atom. The Kier molecular flexibility index (Phi) is 4.70. The second-order valence-electron chi connectivity index (χ2n) is 6.84. The number of fused-ring (bicyclic) bond motifs is 2. The number of hydrogen-bond donors (Lipinski definition) is 0. The molecule has 28 heavy (non-hydrogen) atoms. The van der Waals surface area contributed by atoms with Crippen molar-refractivity contribution < 1.29 is 0 Å². The summed E-state index contributed by atoms with van der Waals surface area (Å²) in [7, 11) is 0. The zero-order chi connectivity index (χ0) is 19.8. The molecule has 1 aromatic heterocycles. The molecule has 0 saturated carbocycles. The minimum atomic E-state index is 0.707. The van der Waals surface area contributed by atoms with Gasteiger partial charge < -0.3 is 9.80 Å². The van der Waals surface area contributed by atoms with Crippen LogP contribution < -0.4 is 9.80 Å². The first-order valence-corrected chi connectivity index (χ1v) is 9.58. The zero-order valence-corrected chi connectivity index (χ0v) is 16.7. The van der Waals surface area contributed by atoms with E-state index in [9.17, 15) is 0 Å². The second-order valence-corrected chi connectivity index (χ2v) is 7.25. The molecule has 140 valence electrons. The van der Waals surface area contributed by atoms with Crippen molar-refractivity contribution in [3.8, 4) is 0 Å². The SMILES string of the molecule is C=CC1=CN(/C(C=C)=C/C)c2cc(N3Cc4cccnc4C3)c(Cl)cc2C1=C. The molecular formula is C24H22ClN3. The van der Waals surface area contributed by atoms with Crippen LogP contribution in [0.4, 0.5) is 11.4 Å². The first-order chi connectivity index (χ1) is 13.6. The van der Waals surface area contributed by atoms with E-state index in [1.54, 1.807) is 0 Å². The molecule has 0 unspecified atom stereocenters. The van der Waals surface area contributed by atoms with Gasteiger partial charge in [-0.15, -0.1) is 0 Å². The van der Waals surface area contributed by atoms with Crippen LogP contribution in [0.15, 0.2) is 85.9 Å². The third-order valence-corrected chi connectivity index (χ3v) is 5.60. The highest BCUT2D eigenvalue weighted by Gasteiger charge is 2.27. The van der Waals surface area contributed by atoms with Crippen molar-refractivity contribution in [3.05, 3.63) is 108 Å². The van der Waals surface area contributed by atoms with Crippen LogP contribution in [0.3, 0.4) is 0 Å². The third-order valence-electron chi connectivity index (χ3n) is 5.30. The molecule has 3 nitrogen and oxygen atoms in total. The number of nitrogens with zero attached hydrogens (tertiary/aromatic N) is 3. The number of allylic oxidation sites excluding steroid dienone is 5. The Hall–Kier alpha value is -3.04. The molecule has 0 aliphatic carbocycles. The lowest BCUT2D eigenvalue weighted by Gasteiger charge is -2.32. The average molecular weight is 388 g/mol. The molecule has 3 heterocycles. The third kappa shape index (κ3) is 2.88. The van der Waals surface area contributed by atoms with Crippen molar-refractivity contribution >= 4 is 28.5 Å². The summed E-state index contributed by atoms with van der Waals surface area (Å²) >= 11 is 6.73. The fraction of sp³-hybridized carbons (Fsp3) is 0.125. The van der Waals surface area contributed by atoms with Crippen molar-refractivity contribution in [2.45, 2.75) is 20.0 Å². The molecule has 2 aliphatic heterocycles. The minimum absolute atomic E-state index is 0.707. The van der Waals surface area contributed by atoms with E-state index in [4.69, 9.17) is 11.6 Å². The fourth-order valence-corrected chi connectivity index (χ4v) is 4.07. The van der Waals surface area contributed by atoms with Gasteiger partial charge >= 0.3 is 0 Å². The zero-order valence-electron chi connectivity index (χ0n) is 16.0. The van der Waals surface area contributed by atoms with Gasteiger partial charge in [0.15, 0.2) is 0 Å². The van der Waals surface area contributed by atoms with Crippen LogP contribution in [0.1, 0.15) is 23.7 Å². The van der Waals surface area contributed by atoms with Gasteiger partial charge in [0, 0.05) is 30.2 Å². The normalized spacial score (nSPS) is 15.9. The molecule has 2 aliphatic rings. The number of anilines is 2. The van der Waals surface area contributed by atoms with Gasteiger partial charge in [0.1, 0.15) is 0 Å². The summed E-state index contributed by atoms with van der Waals surface area (Å²) in [5.41, 5.74) is 8.25. The van der Waals surface area contributed by atoms with Gasteiger partial charge in [-0.25, -0.2) is 0 Å². The van der Waals surface area contributed by atoms with E-state index in [1.807, 2.05) is 49.7 Å². The fourth-order valence-electron chi connectivity index (χ4n) is 3.79. The maximum absolute atomic E-state index is 6.73. The Bertz CT molecular complexity index is 1040. The molecule has 0 atom stereocenters. The van der Waals surface area contributed by atoms with E-state index < -0.39 is 0 Å². The number of pyridine rings is 1. The highest BCUT2D eigenvalue weighted by atomic mass is 35.5. The van der Waals surface area contributed by atoms with Crippen molar-refractivity contribution in [2.75, 3.05) is 9.80 Å². The number of benzene rings is 1. The molecule has 0 spiro atoms. The van der Waals surface area contributed by atoms with Crippen molar-refractivity contribution in [2.24, 2.45) is 0 Å². The predicted octanol–water partition coefficient (Wildman–Crippen LogP) is 6.25. The first-order valence-electron chi connectivity index (χ1n) is 9.20. The van der Waals surface area contributed by atoms with Crippen LogP contribution in [0, 0.1) is 0 Å². The van der Waals surface area contributed by atoms with E-state index in [0.717, 1.165) is 52.6 Å². The summed E-state index contributed by atoms with van der Waals surface area (Å²) in [5, 5.41) is 0.707. The van der Waals surface area contributed by atoms with Gasteiger partial charge in [-0.1, -0.05) is 49.6 Å². The Morgan fingerprint density at radius 1 is 1.21 bits per heavy atom. The lowest BCUT2D eigenvalue weighted by Crippen LogP contribution is -2.22. The van der Waals surface area contributed by atoms with Gasteiger partial charge in [-0.2, -0.15) is 0 Å². The summed E-state index contributed by atoms with van der Waals surface area (Å²) in [6, 6.07) is 8.24. The van der Waals surface area contributed by atoms with Crippen LogP contribution in [-0.2, 0) is 13.1 Å². The van der Waals surface area contributed by atoms with Crippen LogP contribution >= 0.6 is 11.6 Å². The molecule has 4 heteroatoms. The Balaban J connectivity index is 1.83. The second kappa shape index (κ2) is 7.17. The van der Waals surface area contributed by atoms with E-state index in [1.165, 1.54) is 5.56 Å². The van der Waals surface area contributed by atoms with Crippen molar-refractivity contribution in [3.63, 3.8) is 0 Å². The molecule has 4 rings (SSSR count).